The lowest BCUT2D eigenvalue weighted by atomic mass is 10.3. The molecule has 1 aliphatic heterocycles. The number of hydrogen-bond donors (Lipinski definition) is 2. The molecule has 1 unspecified atom stereocenters. The molecule has 1 atom stereocenters. The van der Waals surface area contributed by atoms with Gasteiger partial charge in [-0.3, -0.25) is 9.79 Å². The van der Waals surface area contributed by atoms with Gasteiger partial charge in [0.05, 0.1) is 6.26 Å². The van der Waals surface area contributed by atoms with Crippen LogP contribution < -0.4 is 10.6 Å². The maximum atomic E-state index is 11.8. The lowest BCUT2D eigenvalue weighted by molar-refractivity contribution is -0.129. The molecule has 0 aromatic carbocycles. The fourth-order valence-electron chi connectivity index (χ4n) is 2.77. The third-order valence-corrected chi connectivity index (χ3v) is 4.07. The second-order valence-electron chi connectivity index (χ2n) is 6.07. The summed E-state index contributed by atoms with van der Waals surface area (Å²) in [6.07, 6.45) is 4.03. The Kier molecular flexibility index (Phi) is 11.3. The maximum absolute atomic E-state index is 11.8. The molecule has 0 aliphatic carbocycles. The Hall–Kier alpha value is -1.29. The van der Waals surface area contributed by atoms with Crippen molar-refractivity contribution in [2.75, 3.05) is 32.8 Å². The Labute approximate surface area is 173 Å². The van der Waals surface area contributed by atoms with E-state index >= 15 is 0 Å². The number of likely N-dealkylation sites (tertiary alicyclic amines) is 1. The molecule has 26 heavy (non-hydrogen) atoms. The molecule has 1 aliphatic rings. The van der Waals surface area contributed by atoms with E-state index in [-0.39, 0.29) is 35.9 Å². The standard InChI is InChI=1S/C18H30N4O3.HI/c1-3-17(23)22-10-8-15(13-22)21-18(19-4-2)20-9-6-11-24-14-16-7-5-12-25-16;/h5,7,12,15H,3-4,6,8-11,13-14H2,1-2H3,(H2,19,20,21);1H. The number of amides is 1. The van der Waals surface area contributed by atoms with E-state index < -0.39 is 0 Å². The van der Waals surface area contributed by atoms with E-state index in [1.807, 2.05) is 30.9 Å². The molecule has 148 valence electrons. The Morgan fingerprint density at radius 1 is 1.46 bits per heavy atom. The SMILES string of the molecule is CCNC(=NCCCOCc1ccco1)NC1CCN(C(=O)CC)C1.I. The summed E-state index contributed by atoms with van der Waals surface area (Å²) in [5.74, 6) is 1.87. The topological polar surface area (TPSA) is 79.1 Å². The van der Waals surface area contributed by atoms with Crippen LogP contribution in [-0.2, 0) is 16.1 Å². The number of carbonyl (C=O) groups excluding carboxylic acids is 1. The van der Waals surface area contributed by atoms with Crippen LogP contribution in [0.3, 0.4) is 0 Å². The van der Waals surface area contributed by atoms with E-state index in [0.717, 1.165) is 44.2 Å². The van der Waals surface area contributed by atoms with E-state index in [2.05, 4.69) is 15.6 Å². The highest BCUT2D eigenvalue weighted by molar-refractivity contribution is 14.0. The molecule has 0 radical (unpaired) electrons. The number of furan rings is 1. The maximum Gasteiger partial charge on any atom is 0.222 e. The van der Waals surface area contributed by atoms with Crippen LogP contribution in [0.4, 0.5) is 0 Å². The van der Waals surface area contributed by atoms with Gasteiger partial charge < -0.3 is 24.7 Å². The van der Waals surface area contributed by atoms with Gasteiger partial charge in [-0.15, -0.1) is 24.0 Å². The molecule has 0 bridgehead atoms. The lowest BCUT2D eigenvalue weighted by Gasteiger charge is -2.18. The van der Waals surface area contributed by atoms with Gasteiger partial charge in [0, 0.05) is 45.2 Å². The second kappa shape index (κ2) is 13.0. The summed E-state index contributed by atoms with van der Waals surface area (Å²) < 4.78 is 10.8. The van der Waals surface area contributed by atoms with E-state index in [1.165, 1.54) is 0 Å². The van der Waals surface area contributed by atoms with Crippen molar-refractivity contribution in [1.82, 2.24) is 15.5 Å². The van der Waals surface area contributed by atoms with Crippen molar-refractivity contribution in [1.29, 1.82) is 0 Å². The van der Waals surface area contributed by atoms with Crippen LogP contribution in [0.15, 0.2) is 27.8 Å². The number of halogens is 1. The molecule has 0 saturated carbocycles. The van der Waals surface area contributed by atoms with E-state index in [9.17, 15) is 4.79 Å². The summed E-state index contributed by atoms with van der Waals surface area (Å²) >= 11 is 0. The molecule has 2 heterocycles. The number of hydrogen-bond acceptors (Lipinski definition) is 4. The average Bonchev–Trinajstić information content (AvgIpc) is 3.29. The summed E-state index contributed by atoms with van der Waals surface area (Å²) in [5, 5.41) is 6.69. The van der Waals surface area contributed by atoms with Crippen molar-refractivity contribution in [2.24, 2.45) is 4.99 Å². The molecule has 2 N–H and O–H groups in total. The smallest absolute Gasteiger partial charge is 0.222 e. The quantitative estimate of drug-likeness (QED) is 0.247. The number of ether oxygens (including phenoxy) is 1. The number of rotatable bonds is 9. The molecule has 8 heteroatoms. The van der Waals surface area contributed by atoms with Crippen LogP contribution >= 0.6 is 24.0 Å². The van der Waals surface area contributed by atoms with Gasteiger partial charge in [0.15, 0.2) is 5.96 Å². The van der Waals surface area contributed by atoms with Crippen molar-refractivity contribution >= 4 is 35.8 Å². The fourth-order valence-corrected chi connectivity index (χ4v) is 2.77. The predicted molar refractivity (Wildman–Crippen MR) is 113 cm³/mol. The minimum atomic E-state index is 0. The average molecular weight is 478 g/mol. The van der Waals surface area contributed by atoms with Gasteiger partial charge in [0.2, 0.25) is 5.91 Å². The fraction of sp³-hybridized carbons (Fsp3) is 0.667. The van der Waals surface area contributed by atoms with Gasteiger partial charge >= 0.3 is 0 Å². The van der Waals surface area contributed by atoms with Crippen LogP contribution in [0.2, 0.25) is 0 Å². The molecule has 7 nitrogen and oxygen atoms in total. The molecule has 1 aromatic rings. The van der Waals surface area contributed by atoms with Gasteiger partial charge in [-0.25, -0.2) is 0 Å². The highest BCUT2D eigenvalue weighted by Gasteiger charge is 2.25. The normalized spacial score (nSPS) is 17.1. The van der Waals surface area contributed by atoms with Gasteiger partial charge in [0.1, 0.15) is 12.4 Å². The first kappa shape index (κ1) is 22.8. The van der Waals surface area contributed by atoms with Crippen molar-refractivity contribution in [3.8, 4) is 0 Å². The van der Waals surface area contributed by atoms with Crippen molar-refractivity contribution in [3.63, 3.8) is 0 Å². The lowest BCUT2D eigenvalue weighted by Crippen LogP contribution is -2.45. The highest BCUT2D eigenvalue weighted by atomic mass is 127. The first-order valence-electron chi connectivity index (χ1n) is 9.15. The van der Waals surface area contributed by atoms with Gasteiger partial charge in [-0.1, -0.05) is 6.92 Å². The van der Waals surface area contributed by atoms with E-state index in [0.29, 0.717) is 26.2 Å². The molecule has 1 fully saturated rings. The minimum absolute atomic E-state index is 0. The minimum Gasteiger partial charge on any atom is -0.467 e. The molecule has 1 aromatic heterocycles. The van der Waals surface area contributed by atoms with Gasteiger partial charge in [-0.2, -0.15) is 0 Å². The first-order valence-corrected chi connectivity index (χ1v) is 9.15. The number of aliphatic imine (C=N–C) groups is 1. The summed E-state index contributed by atoms with van der Waals surface area (Å²) in [6.45, 7) is 8.18. The summed E-state index contributed by atoms with van der Waals surface area (Å²) in [4.78, 5) is 18.3. The number of guanidine groups is 1. The largest absolute Gasteiger partial charge is 0.467 e. The number of nitrogens with one attached hydrogen (secondary N) is 2. The van der Waals surface area contributed by atoms with Crippen LogP contribution in [0, 0.1) is 0 Å². The zero-order chi connectivity index (χ0) is 17.9. The molecule has 1 saturated heterocycles. The van der Waals surface area contributed by atoms with Gasteiger partial charge in [0.25, 0.3) is 0 Å². The molecular formula is C18H31IN4O3. The molecule has 1 amide bonds. The first-order chi connectivity index (χ1) is 12.2. The Balaban J connectivity index is 0.00000338. The van der Waals surface area contributed by atoms with E-state index in [4.69, 9.17) is 9.15 Å². The van der Waals surface area contributed by atoms with Crippen molar-refractivity contribution < 1.29 is 13.9 Å². The summed E-state index contributed by atoms with van der Waals surface area (Å²) in [7, 11) is 0. The third kappa shape index (κ3) is 7.94. The monoisotopic (exact) mass is 478 g/mol. The Bertz CT molecular complexity index is 537. The highest BCUT2D eigenvalue weighted by Crippen LogP contribution is 2.10. The summed E-state index contributed by atoms with van der Waals surface area (Å²) in [6, 6.07) is 4.03. The number of nitrogens with zero attached hydrogens (tertiary/aromatic N) is 2. The summed E-state index contributed by atoms with van der Waals surface area (Å²) in [5.41, 5.74) is 0. The zero-order valence-electron chi connectivity index (χ0n) is 15.7. The Morgan fingerprint density at radius 3 is 3.00 bits per heavy atom. The van der Waals surface area contributed by atoms with Gasteiger partial charge in [-0.05, 0) is 31.9 Å². The number of carbonyl (C=O) groups is 1. The van der Waals surface area contributed by atoms with Crippen LogP contribution in [0.1, 0.15) is 38.9 Å². The van der Waals surface area contributed by atoms with E-state index in [1.54, 1.807) is 6.26 Å². The second-order valence-corrected chi connectivity index (χ2v) is 6.07. The van der Waals surface area contributed by atoms with Crippen LogP contribution in [-0.4, -0.2) is 55.6 Å². The molecule has 2 rings (SSSR count). The predicted octanol–water partition coefficient (Wildman–Crippen LogP) is 2.37. The molecule has 0 spiro atoms. The van der Waals surface area contributed by atoms with Crippen molar-refractivity contribution in [3.05, 3.63) is 24.2 Å². The third-order valence-electron chi connectivity index (χ3n) is 4.07. The zero-order valence-corrected chi connectivity index (χ0v) is 18.0. The van der Waals surface area contributed by atoms with Crippen LogP contribution in [0.5, 0.6) is 0 Å². The van der Waals surface area contributed by atoms with Crippen molar-refractivity contribution in [2.45, 2.75) is 45.8 Å². The van der Waals surface area contributed by atoms with Crippen LogP contribution in [0.25, 0.3) is 0 Å². The Morgan fingerprint density at radius 2 is 2.31 bits per heavy atom. The molecular weight excluding hydrogens is 447 g/mol.